The van der Waals surface area contributed by atoms with Crippen molar-refractivity contribution in [3.05, 3.63) is 83.9 Å². The van der Waals surface area contributed by atoms with Crippen LogP contribution in [-0.4, -0.2) is 29.7 Å². The van der Waals surface area contributed by atoms with Gasteiger partial charge in [-0.15, -0.1) is 0 Å². The Kier molecular flexibility index (Phi) is 4.38. The number of rotatable bonds is 5. The molecule has 4 heteroatoms. The predicted octanol–water partition coefficient (Wildman–Crippen LogP) is 3.46. The minimum absolute atomic E-state index is 0.0130. The molecule has 4 rings (SSSR count). The second-order valence-electron chi connectivity index (χ2n) is 6.48. The lowest BCUT2D eigenvalue weighted by Gasteiger charge is -2.40. The first-order chi connectivity index (χ1) is 12.3. The summed E-state index contributed by atoms with van der Waals surface area (Å²) in [5.74, 6) is -0.0130. The molecule has 2 atom stereocenters. The molecule has 0 spiro atoms. The Labute approximate surface area is 147 Å². The first kappa shape index (κ1) is 16.1. The minimum Gasteiger partial charge on any atom is -0.372 e. The smallest absolute Gasteiger partial charge is 0.249 e. The highest BCUT2D eigenvalue weighted by atomic mass is 16.6. The van der Waals surface area contributed by atoms with Gasteiger partial charge < -0.3 is 9.47 Å². The van der Waals surface area contributed by atoms with E-state index in [2.05, 4.69) is 0 Å². The Morgan fingerprint density at radius 3 is 2.56 bits per heavy atom. The minimum atomic E-state index is -0.707. The molecule has 1 amide bonds. The van der Waals surface area contributed by atoms with Gasteiger partial charge in [-0.2, -0.15) is 0 Å². The van der Waals surface area contributed by atoms with Gasteiger partial charge in [-0.1, -0.05) is 66.7 Å². The van der Waals surface area contributed by atoms with Gasteiger partial charge >= 0.3 is 0 Å². The highest BCUT2D eigenvalue weighted by Crippen LogP contribution is 2.41. The average Bonchev–Trinajstić information content (AvgIpc) is 3.04. The van der Waals surface area contributed by atoms with Crippen LogP contribution in [0.25, 0.3) is 0 Å². The standard InChI is InChI=1S/C21H21NO3/c23-20-12-7-13-21(16-24-14-17-8-3-1-4-9-17)22(20)19(15-25-21)18-10-5-2-6-11-18/h1-12,19H,13-16H2/t19-,21+/m1/s1. The fraction of sp³-hybridized carbons (Fsp3) is 0.286. The van der Waals surface area contributed by atoms with Crippen LogP contribution in [-0.2, 0) is 20.9 Å². The molecule has 128 valence electrons. The van der Waals surface area contributed by atoms with E-state index in [1.165, 1.54) is 0 Å². The summed E-state index contributed by atoms with van der Waals surface area (Å²) in [4.78, 5) is 14.5. The number of fused-ring (bicyclic) bond motifs is 1. The molecule has 0 bridgehead atoms. The summed E-state index contributed by atoms with van der Waals surface area (Å²) in [6, 6.07) is 20.0. The Morgan fingerprint density at radius 1 is 1.08 bits per heavy atom. The lowest BCUT2D eigenvalue weighted by atomic mass is 10.00. The second-order valence-corrected chi connectivity index (χ2v) is 6.48. The highest BCUT2D eigenvalue weighted by Gasteiger charge is 2.51. The van der Waals surface area contributed by atoms with Gasteiger partial charge in [0.2, 0.25) is 5.91 Å². The zero-order valence-electron chi connectivity index (χ0n) is 14.0. The number of ether oxygens (including phenoxy) is 2. The van der Waals surface area contributed by atoms with Gasteiger partial charge in [0.05, 0.1) is 25.9 Å². The van der Waals surface area contributed by atoms with Crippen molar-refractivity contribution in [2.75, 3.05) is 13.2 Å². The quantitative estimate of drug-likeness (QED) is 0.840. The SMILES string of the molecule is O=C1C=CC[C@@]2(COCc3ccccc3)OC[C@H](c3ccccc3)N12. The monoisotopic (exact) mass is 335 g/mol. The molecule has 2 aliphatic rings. The zero-order chi connectivity index (χ0) is 17.1. The first-order valence-electron chi connectivity index (χ1n) is 8.59. The molecular formula is C21H21NO3. The van der Waals surface area contributed by atoms with Gasteiger partial charge in [-0.3, -0.25) is 9.69 Å². The van der Waals surface area contributed by atoms with Crippen LogP contribution in [0.2, 0.25) is 0 Å². The van der Waals surface area contributed by atoms with Crippen molar-refractivity contribution in [3.8, 4) is 0 Å². The number of carbonyl (C=O) groups is 1. The Balaban J connectivity index is 1.52. The van der Waals surface area contributed by atoms with Crippen LogP contribution in [0.5, 0.6) is 0 Å². The van der Waals surface area contributed by atoms with Gasteiger partial charge in [0.25, 0.3) is 0 Å². The largest absolute Gasteiger partial charge is 0.372 e. The van der Waals surface area contributed by atoms with Crippen LogP contribution in [0, 0.1) is 0 Å². The first-order valence-corrected chi connectivity index (χ1v) is 8.59. The lowest BCUT2D eigenvalue weighted by Crippen LogP contribution is -2.53. The molecule has 2 aliphatic heterocycles. The summed E-state index contributed by atoms with van der Waals surface area (Å²) in [5.41, 5.74) is 1.50. The highest BCUT2D eigenvalue weighted by molar-refractivity contribution is 5.89. The van der Waals surface area contributed by atoms with E-state index in [0.29, 0.717) is 26.2 Å². The molecule has 0 aromatic heterocycles. The van der Waals surface area contributed by atoms with Crippen LogP contribution in [0.15, 0.2) is 72.8 Å². The summed E-state index contributed by atoms with van der Waals surface area (Å²) in [5, 5.41) is 0. The Morgan fingerprint density at radius 2 is 1.80 bits per heavy atom. The summed E-state index contributed by atoms with van der Waals surface area (Å²) >= 11 is 0. The number of benzene rings is 2. The van der Waals surface area contributed by atoms with Crippen molar-refractivity contribution in [2.45, 2.75) is 24.8 Å². The van der Waals surface area contributed by atoms with Crippen LogP contribution in [0.1, 0.15) is 23.6 Å². The molecule has 4 nitrogen and oxygen atoms in total. The molecule has 2 aromatic carbocycles. The predicted molar refractivity (Wildman–Crippen MR) is 94.6 cm³/mol. The van der Waals surface area contributed by atoms with Crippen LogP contribution in [0.4, 0.5) is 0 Å². The molecule has 2 aromatic rings. The average molecular weight is 335 g/mol. The van der Waals surface area contributed by atoms with Crippen molar-refractivity contribution in [1.29, 1.82) is 0 Å². The van der Waals surface area contributed by atoms with Gasteiger partial charge in [0.15, 0.2) is 5.72 Å². The molecule has 1 saturated heterocycles. The topological polar surface area (TPSA) is 38.8 Å². The zero-order valence-corrected chi connectivity index (χ0v) is 14.0. The van der Waals surface area contributed by atoms with E-state index in [1.807, 2.05) is 71.6 Å². The number of hydrogen-bond acceptors (Lipinski definition) is 3. The van der Waals surface area contributed by atoms with Crippen molar-refractivity contribution in [2.24, 2.45) is 0 Å². The molecule has 0 unspecified atom stereocenters. The van der Waals surface area contributed by atoms with Crippen molar-refractivity contribution >= 4 is 5.91 Å². The Hall–Kier alpha value is -2.43. The third-order valence-electron chi connectivity index (χ3n) is 4.82. The van der Waals surface area contributed by atoms with Crippen LogP contribution >= 0.6 is 0 Å². The lowest BCUT2D eigenvalue weighted by molar-refractivity contribution is -0.162. The number of hydrogen-bond donors (Lipinski definition) is 0. The van der Waals surface area contributed by atoms with Gasteiger partial charge in [-0.05, 0) is 17.2 Å². The fourth-order valence-corrected chi connectivity index (χ4v) is 3.59. The molecule has 1 fully saturated rings. The third-order valence-corrected chi connectivity index (χ3v) is 4.82. The number of amides is 1. The molecule has 0 aliphatic carbocycles. The van der Waals surface area contributed by atoms with Gasteiger partial charge in [0.1, 0.15) is 0 Å². The fourth-order valence-electron chi connectivity index (χ4n) is 3.59. The maximum absolute atomic E-state index is 12.6. The normalized spacial score (nSPS) is 25.2. The summed E-state index contributed by atoms with van der Waals surface area (Å²) < 4.78 is 12.1. The molecule has 0 radical (unpaired) electrons. The van der Waals surface area contributed by atoms with Gasteiger partial charge in [0, 0.05) is 6.42 Å². The van der Waals surface area contributed by atoms with E-state index in [1.54, 1.807) is 6.08 Å². The number of carbonyl (C=O) groups excluding carboxylic acids is 1. The third kappa shape index (κ3) is 3.11. The Bertz CT molecular complexity index is 759. The molecule has 25 heavy (non-hydrogen) atoms. The second kappa shape index (κ2) is 6.82. The van der Waals surface area contributed by atoms with E-state index in [9.17, 15) is 4.79 Å². The van der Waals surface area contributed by atoms with Crippen LogP contribution in [0.3, 0.4) is 0 Å². The summed E-state index contributed by atoms with van der Waals surface area (Å²) in [7, 11) is 0. The van der Waals surface area contributed by atoms with Crippen molar-refractivity contribution < 1.29 is 14.3 Å². The van der Waals surface area contributed by atoms with E-state index >= 15 is 0 Å². The van der Waals surface area contributed by atoms with Crippen molar-refractivity contribution in [1.82, 2.24) is 4.90 Å². The van der Waals surface area contributed by atoms with E-state index in [-0.39, 0.29) is 11.9 Å². The number of nitrogens with zero attached hydrogens (tertiary/aromatic N) is 1. The molecular weight excluding hydrogens is 314 g/mol. The van der Waals surface area contributed by atoms with E-state index in [4.69, 9.17) is 9.47 Å². The van der Waals surface area contributed by atoms with Crippen molar-refractivity contribution in [3.63, 3.8) is 0 Å². The summed E-state index contributed by atoms with van der Waals surface area (Å²) in [6.45, 7) is 1.36. The maximum Gasteiger partial charge on any atom is 0.249 e. The summed E-state index contributed by atoms with van der Waals surface area (Å²) in [6.07, 6.45) is 4.18. The van der Waals surface area contributed by atoms with E-state index in [0.717, 1.165) is 11.1 Å². The maximum atomic E-state index is 12.6. The van der Waals surface area contributed by atoms with Gasteiger partial charge in [-0.25, -0.2) is 0 Å². The van der Waals surface area contributed by atoms with E-state index < -0.39 is 5.72 Å². The molecule has 0 N–H and O–H groups in total. The molecule has 0 saturated carbocycles. The van der Waals surface area contributed by atoms with Crippen LogP contribution < -0.4 is 0 Å². The molecule has 2 heterocycles.